The number of phenolic OH excluding ortho intramolecular Hbond substituents is 1. The molecule has 2 aromatic rings. The molecule has 1 N–H and O–H groups in total. The molecule has 18 heavy (non-hydrogen) atoms. The predicted molar refractivity (Wildman–Crippen MR) is 72.1 cm³/mol. The molecule has 0 aliphatic heterocycles. The van der Waals surface area contributed by atoms with E-state index in [0.29, 0.717) is 11.4 Å². The summed E-state index contributed by atoms with van der Waals surface area (Å²) < 4.78 is 0. The first-order chi connectivity index (χ1) is 8.69. The zero-order valence-electron chi connectivity index (χ0n) is 9.71. The number of aromatic hydroxyl groups is 1. The van der Waals surface area contributed by atoms with Gasteiger partial charge >= 0.3 is 0 Å². The third-order valence-electron chi connectivity index (χ3n) is 2.85. The van der Waals surface area contributed by atoms with Crippen LogP contribution in [0.25, 0.3) is 0 Å². The molecule has 2 aromatic carbocycles. The average Bonchev–Trinajstić information content (AvgIpc) is 2.39. The van der Waals surface area contributed by atoms with Crippen molar-refractivity contribution < 1.29 is 9.90 Å². The van der Waals surface area contributed by atoms with E-state index >= 15 is 0 Å². The van der Waals surface area contributed by atoms with Crippen LogP contribution in [0, 0.1) is 0 Å². The van der Waals surface area contributed by atoms with E-state index in [4.69, 9.17) is 11.6 Å². The minimum absolute atomic E-state index is 0.202. The van der Waals surface area contributed by atoms with Gasteiger partial charge < -0.3 is 9.90 Å². The van der Waals surface area contributed by atoms with E-state index in [1.54, 1.807) is 24.3 Å². The Bertz CT molecular complexity index is 517. The van der Waals surface area contributed by atoms with E-state index in [9.17, 15) is 9.90 Å². The highest BCUT2D eigenvalue weighted by Gasteiger charge is 2.11. The van der Waals surface area contributed by atoms with Crippen LogP contribution in [0.3, 0.4) is 0 Å². The molecule has 0 aliphatic carbocycles. The minimum atomic E-state index is -0.202. The van der Waals surface area contributed by atoms with Gasteiger partial charge in [0, 0.05) is 10.9 Å². The second-order valence-electron chi connectivity index (χ2n) is 4.16. The third-order valence-corrected chi connectivity index (χ3v) is 3.11. The zero-order valence-corrected chi connectivity index (χ0v) is 10.5. The smallest absolute Gasteiger partial charge is 0.127 e. The maximum absolute atomic E-state index is 11.2. The maximum Gasteiger partial charge on any atom is 0.127 e. The summed E-state index contributed by atoms with van der Waals surface area (Å²) in [5, 5.41) is 9.91. The molecular weight excluding hydrogens is 248 g/mol. The predicted octanol–water partition coefficient (Wildman–Crippen LogP) is 3.57. The van der Waals surface area contributed by atoms with E-state index in [-0.39, 0.29) is 11.7 Å². The summed E-state index contributed by atoms with van der Waals surface area (Å²) in [4.78, 5) is 11.2. The zero-order chi connectivity index (χ0) is 13.0. The number of hydrogen-bond donors (Lipinski definition) is 1. The SMILES string of the molecule is O=CC(Cc1ccc(Cl)cc1)c1ccc(O)cc1. The van der Waals surface area contributed by atoms with Crippen LogP contribution in [0.15, 0.2) is 48.5 Å². The monoisotopic (exact) mass is 260 g/mol. The fourth-order valence-corrected chi connectivity index (χ4v) is 1.97. The van der Waals surface area contributed by atoms with Crippen LogP contribution in [0.5, 0.6) is 5.75 Å². The number of halogens is 1. The van der Waals surface area contributed by atoms with Crippen molar-refractivity contribution >= 4 is 17.9 Å². The number of aldehydes is 1. The van der Waals surface area contributed by atoms with Crippen molar-refractivity contribution in [3.8, 4) is 5.75 Å². The number of hydrogen-bond acceptors (Lipinski definition) is 2. The normalized spacial score (nSPS) is 12.1. The van der Waals surface area contributed by atoms with Gasteiger partial charge in [0.1, 0.15) is 12.0 Å². The van der Waals surface area contributed by atoms with Gasteiger partial charge in [-0.05, 0) is 41.8 Å². The molecule has 1 unspecified atom stereocenters. The quantitative estimate of drug-likeness (QED) is 0.854. The van der Waals surface area contributed by atoms with Gasteiger partial charge in [-0.25, -0.2) is 0 Å². The van der Waals surface area contributed by atoms with Crippen LogP contribution >= 0.6 is 11.6 Å². The van der Waals surface area contributed by atoms with Gasteiger partial charge in [-0.15, -0.1) is 0 Å². The van der Waals surface area contributed by atoms with Gasteiger partial charge in [0.2, 0.25) is 0 Å². The summed E-state index contributed by atoms with van der Waals surface area (Å²) in [5.74, 6) is 0.00154. The number of carbonyl (C=O) groups excluding carboxylic acids is 1. The van der Waals surface area contributed by atoms with Gasteiger partial charge in [0.25, 0.3) is 0 Å². The van der Waals surface area contributed by atoms with Gasteiger partial charge in [0.05, 0.1) is 0 Å². The summed E-state index contributed by atoms with van der Waals surface area (Å²) in [5.41, 5.74) is 1.96. The molecule has 0 bridgehead atoms. The first kappa shape index (κ1) is 12.7. The Kier molecular flexibility index (Phi) is 4.00. The fraction of sp³-hybridized carbons (Fsp3) is 0.133. The van der Waals surface area contributed by atoms with Crippen LogP contribution in [-0.2, 0) is 11.2 Å². The third kappa shape index (κ3) is 3.11. The number of phenols is 1. The van der Waals surface area contributed by atoms with Crippen LogP contribution in [0.1, 0.15) is 17.0 Å². The standard InChI is InChI=1S/C15H13ClO2/c16-14-5-1-11(2-6-14)9-13(10-17)12-3-7-15(18)8-4-12/h1-8,10,13,18H,9H2. The van der Waals surface area contributed by atoms with Crippen molar-refractivity contribution in [1.82, 2.24) is 0 Å². The molecule has 92 valence electrons. The summed E-state index contributed by atoms with van der Waals surface area (Å²) >= 11 is 5.82. The second-order valence-corrected chi connectivity index (χ2v) is 4.60. The highest BCUT2D eigenvalue weighted by molar-refractivity contribution is 6.30. The first-order valence-electron chi connectivity index (χ1n) is 5.67. The maximum atomic E-state index is 11.2. The molecule has 0 aliphatic rings. The highest BCUT2D eigenvalue weighted by atomic mass is 35.5. The molecule has 0 aromatic heterocycles. The largest absolute Gasteiger partial charge is 0.508 e. The Labute approximate surface area is 111 Å². The van der Waals surface area contributed by atoms with E-state index in [1.165, 1.54) is 0 Å². The average molecular weight is 261 g/mol. The molecule has 3 heteroatoms. The highest BCUT2D eigenvalue weighted by Crippen LogP contribution is 2.22. The molecule has 2 nitrogen and oxygen atoms in total. The van der Waals surface area contributed by atoms with Gasteiger partial charge in [-0.2, -0.15) is 0 Å². The topological polar surface area (TPSA) is 37.3 Å². The lowest BCUT2D eigenvalue weighted by Crippen LogP contribution is -2.04. The van der Waals surface area contributed by atoms with Crippen LogP contribution < -0.4 is 0 Å². The summed E-state index contributed by atoms with van der Waals surface area (Å²) in [6.07, 6.45) is 1.56. The molecule has 0 saturated heterocycles. The van der Waals surface area contributed by atoms with Crippen LogP contribution in [0.4, 0.5) is 0 Å². The Morgan fingerprint density at radius 2 is 1.67 bits per heavy atom. The molecule has 0 spiro atoms. The molecule has 0 radical (unpaired) electrons. The Balaban J connectivity index is 2.16. The number of carbonyl (C=O) groups is 1. The van der Waals surface area contributed by atoms with Gasteiger partial charge in [0.15, 0.2) is 0 Å². The van der Waals surface area contributed by atoms with E-state index in [2.05, 4.69) is 0 Å². The fourth-order valence-electron chi connectivity index (χ4n) is 1.84. The molecule has 2 rings (SSSR count). The summed E-state index contributed by atoms with van der Waals surface area (Å²) in [6.45, 7) is 0. The Hall–Kier alpha value is -1.80. The van der Waals surface area contributed by atoms with Crippen molar-refractivity contribution in [3.63, 3.8) is 0 Å². The molecule has 0 saturated carbocycles. The van der Waals surface area contributed by atoms with Crippen LogP contribution in [-0.4, -0.2) is 11.4 Å². The number of benzene rings is 2. The molecule has 0 heterocycles. The Morgan fingerprint density at radius 3 is 2.22 bits per heavy atom. The summed E-state index contributed by atoms with van der Waals surface area (Å²) in [6, 6.07) is 14.2. The van der Waals surface area contributed by atoms with Crippen LogP contribution in [0.2, 0.25) is 5.02 Å². The van der Waals surface area contributed by atoms with Crippen molar-refractivity contribution in [2.75, 3.05) is 0 Å². The lowest BCUT2D eigenvalue weighted by atomic mass is 9.93. The lowest BCUT2D eigenvalue weighted by Gasteiger charge is -2.11. The minimum Gasteiger partial charge on any atom is -0.508 e. The van der Waals surface area contributed by atoms with Gasteiger partial charge in [-0.3, -0.25) is 0 Å². The lowest BCUT2D eigenvalue weighted by molar-refractivity contribution is -0.109. The van der Waals surface area contributed by atoms with Crippen molar-refractivity contribution in [2.24, 2.45) is 0 Å². The molecule has 0 amide bonds. The van der Waals surface area contributed by atoms with E-state index in [1.807, 2.05) is 24.3 Å². The molecular formula is C15H13ClO2. The second kappa shape index (κ2) is 5.69. The van der Waals surface area contributed by atoms with Crippen molar-refractivity contribution in [1.29, 1.82) is 0 Å². The Morgan fingerprint density at radius 1 is 1.06 bits per heavy atom. The number of rotatable bonds is 4. The van der Waals surface area contributed by atoms with Gasteiger partial charge in [-0.1, -0.05) is 35.9 Å². The first-order valence-corrected chi connectivity index (χ1v) is 6.05. The molecule has 1 atom stereocenters. The summed E-state index contributed by atoms with van der Waals surface area (Å²) in [7, 11) is 0. The van der Waals surface area contributed by atoms with Crippen molar-refractivity contribution in [2.45, 2.75) is 12.3 Å². The van der Waals surface area contributed by atoms with E-state index < -0.39 is 0 Å². The van der Waals surface area contributed by atoms with E-state index in [0.717, 1.165) is 17.4 Å². The van der Waals surface area contributed by atoms with Crippen molar-refractivity contribution in [3.05, 3.63) is 64.7 Å². The molecule has 0 fully saturated rings.